The van der Waals surface area contributed by atoms with E-state index in [9.17, 15) is 13.2 Å². The molecule has 66 valence electrons. The van der Waals surface area contributed by atoms with Crippen molar-refractivity contribution >= 4 is 21.6 Å². The van der Waals surface area contributed by atoms with Crippen LogP contribution in [0.3, 0.4) is 0 Å². The van der Waals surface area contributed by atoms with Gasteiger partial charge in [-0.15, -0.1) is 0 Å². The van der Waals surface area contributed by atoms with E-state index in [-0.39, 0.29) is 4.73 Å². The van der Waals surface area contributed by atoms with Crippen LogP contribution >= 0.6 is 15.9 Å². The van der Waals surface area contributed by atoms with Crippen LogP contribution in [0.4, 0.5) is 18.9 Å². The van der Waals surface area contributed by atoms with Crippen molar-refractivity contribution in [2.45, 2.75) is 6.18 Å². The van der Waals surface area contributed by atoms with Crippen LogP contribution in [0, 0.1) is 0 Å². The van der Waals surface area contributed by atoms with Crippen LogP contribution in [-0.2, 0) is 6.18 Å². The molecule has 0 saturated carbocycles. The van der Waals surface area contributed by atoms with E-state index in [4.69, 9.17) is 5.73 Å². The third-order valence-electron chi connectivity index (χ3n) is 1.06. The fourth-order valence-corrected chi connectivity index (χ4v) is 0.876. The van der Waals surface area contributed by atoms with Gasteiger partial charge in [-0.3, -0.25) is 0 Å². The molecule has 0 atom stereocenters. The molecule has 0 spiro atoms. The highest BCUT2D eigenvalue weighted by molar-refractivity contribution is 9.10. The lowest BCUT2D eigenvalue weighted by molar-refractivity contribution is -0.140. The Kier molecular flexibility index (Phi) is 2.22. The van der Waals surface area contributed by atoms with Crippen LogP contribution in [-0.4, -0.2) is 9.97 Å². The number of nitrogens with zero attached hydrogens (tertiary/aromatic N) is 2. The standard InChI is InChI=1S/C5H3BrF3N3/c6-4-11-1-2(10)3(12-4)5(7,8)9/h1H,10H2. The molecule has 0 aliphatic rings. The lowest BCUT2D eigenvalue weighted by atomic mass is 10.3. The van der Waals surface area contributed by atoms with Crippen LogP contribution in [0.25, 0.3) is 0 Å². The van der Waals surface area contributed by atoms with E-state index < -0.39 is 17.6 Å². The van der Waals surface area contributed by atoms with Gasteiger partial charge in [-0.2, -0.15) is 13.2 Å². The van der Waals surface area contributed by atoms with Gasteiger partial charge >= 0.3 is 6.18 Å². The van der Waals surface area contributed by atoms with E-state index in [0.717, 1.165) is 6.20 Å². The Morgan fingerprint density at radius 2 is 2.00 bits per heavy atom. The molecule has 0 aromatic carbocycles. The molecule has 0 unspecified atom stereocenters. The second kappa shape index (κ2) is 2.89. The van der Waals surface area contributed by atoms with E-state index in [0.29, 0.717) is 0 Å². The van der Waals surface area contributed by atoms with Gasteiger partial charge in [0.15, 0.2) is 10.4 Å². The maximum absolute atomic E-state index is 12.0. The van der Waals surface area contributed by atoms with Gasteiger partial charge in [-0.1, -0.05) is 0 Å². The van der Waals surface area contributed by atoms with Gasteiger partial charge in [0.2, 0.25) is 0 Å². The number of hydrogen-bond donors (Lipinski definition) is 1. The van der Waals surface area contributed by atoms with Crippen molar-refractivity contribution in [2.75, 3.05) is 5.73 Å². The molecule has 0 radical (unpaired) electrons. The van der Waals surface area contributed by atoms with Crippen molar-refractivity contribution in [3.63, 3.8) is 0 Å². The molecule has 0 aliphatic carbocycles. The normalized spacial score (nSPS) is 11.7. The largest absolute Gasteiger partial charge is 0.435 e. The van der Waals surface area contributed by atoms with Gasteiger partial charge in [-0.25, -0.2) is 9.97 Å². The highest BCUT2D eigenvalue weighted by Gasteiger charge is 2.35. The van der Waals surface area contributed by atoms with Gasteiger partial charge in [0.1, 0.15) is 0 Å². The maximum Gasteiger partial charge on any atom is 0.435 e. The van der Waals surface area contributed by atoms with Crippen LogP contribution in [0.15, 0.2) is 10.9 Å². The van der Waals surface area contributed by atoms with Crippen molar-refractivity contribution in [1.29, 1.82) is 0 Å². The molecule has 1 rings (SSSR count). The number of nitrogen functional groups attached to an aromatic ring is 1. The predicted octanol–water partition coefficient (Wildman–Crippen LogP) is 1.84. The molecule has 3 nitrogen and oxygen atoms in total. The minimum Gasteiger partial charge on any atom is -0.396 e. The SMILES string of the molecule is Nc1cnc(Br)nc1C(F)(F)F. The van der Waals surface area contributed by atoms with E-state index in [1.807, 2.05) is 0 Å². The zero-order valence-corrected chi connectivity index (χ0v) is 7.15. The van der Waals surface area contributed by atoms with Crippen LogP contribution in [0.2, 0.25) is 0 Å². The molecular formula is C5H3BrF3N3. The molecule has 7 heteroatoms. The third-order valence-corrected chi connectivity index (χ3v) is 1.44. The number of hydrogen-bond acceptors (Lipinski definition) is 3. The molecule has 1 aromatic heterocycles. The molecule has 2 N–H and O–H groups in total. The highest BCUT2D eigenvalue weighted by Crippen LogP contribution is 2.31. The summed E-state index contributed by atoms with van der Waals surface area (Å²) in [6.07, 6.45) is -3.63. The molecule has 1 heterocycles. The molecular weight excluding hydrogens is 239 g/mol. The summed E-state index contributed by atoms with van der Waals surface area (Å²) in [6.45, 7) is 0. The number of halogens is 4. The minimum absolute atomic E-state index is 0.135. The Hall–Kier alpha value is -0.850. The molecule has 0 amide bonds. The predicted molar refractivity (Wildman–Crippen MR) is 39.1 cm³/mol. The summed E-state index contributed by atoms with van der Waals surface area (Å²) >= 11 is 2.71. The summed E-state index contributed by atoms with van der Waals surface area (Å²) in [5, 5.41) is 0. The monoisotopic (exact) mass is 241 g/mol. The van der Waals surface area contributed by atoms with Gasteiger partial charge in [0.25, 0.3) is 0 Å². The first-order chi connectivity index (χ1) is 5.41. The molecule has 0 aliphatic heterocycles. The second-order valence-corrected chi connectivity index (χ2v) is 2.65. The Labute approximate surface area is 73.9 Å². The average molecular weight is 242 g/mol. The Morgan fingerprint density at radius 1 is 1.42 bits per heavy atom. The third kappa shape index (κ3) is 1.84. The van der Waals surface area contributed by atoms with Gasteiger partial charge in [0.05, 0.1) is 11.9 Å². The summed E-state index contributed by atoms with van der Waals surface area (Å²) in [6, 6.07) is 0. The van der Waals surface area contributed by atoms with E-state index in [1.54, 1.807) is 0 Å². The molecule has 0 fully saturated rings. The minimum atomic E-state index is -4.53. The van der Waals surface area contributed by atoms with Gasteiger partial charge < -0.3 is 5.73 Å². The zero-order chi connectivity index (χ0) is 9.35. The van der Waals surface area contributed by atoms with E-state index >= 15 is 0 Å². The van der Waals surface area contributed by atoms with Crippen LogP contribution < -0.4 is 5.73 Å². The van der Waals surface area contributed by atoms with Gasteiger partial charge in [-0.05, 0) is 15.9 Å². The van der Waals surface area contributed by atoms with Crippen LogP contribution in [0.1, 0.15) is 5.69 Å². The number of rotatable bonds is 0. The average Bonchev–Trinajstić information content (AvgIpc) is 1.92. The number of nitrogens with two attached hydrogens (primary N) is 1. The fourth-order valence-electron chi connectivity index (χ4n) is 0.597. The van der Waals surface area contributed by atoms with Crippen LogP contribution in [0.5, 0.6) is 0 Å². The van der Waals surface area contributed by atoms with Crippen molar-refractivity contribution in [3.8, 4) is 0 Å². The summed E-state index contributed by atoms with van der Waals surface area (Å²) in [5.41, 5.74) is 3.41. The summed E-state index contributed by atoms with van der Waals surface area (Å²) in [5.74, 6) is 0. The summed E-state index contributed by atoms with van der Waals surface area (Å²) in [4.78, 5) is 6.53. The van der Waals surface area contributed by atoms with E-state index in [1.165, 1.54) is 0 Å². The maximum atomic E-state index is 12.0. The number of aromatic nitrogens is 2. The Morgan fingerprint density at radius 3 is 2.42 bits per heavy atom. The molecule has 12 heavy (non-hydrogen) atoms. The first kappa shape index (κ1) is 9.24. The lowest BCUT2D eigenvalue weighted by Gasteiger charge is -2.07. The van der Waals surface area contributed by atoms with Crippen molar-refractivity contribution < 1.29 is 13.2 Å². The second-order valence-electron chi connectivity index (χ2n) is 1.94. The highest BCUT2D eigenvalue weighted by atomic mass is 79.9. The fraction of sp³-hybridized carbons (Fsp3) is 0.200. The quantitative estimate of drug-likeness (QED) is 0.706. The first-order valence-corrected chi connectivity index (χ1v) is 3.56. The lowest BCUT2D eigenvalue weighted by Crippen LogP contribution is -2.12. The number of anilines is 1. The van der Waals surface area contributed by atoms with Crippen molar-refractivity contribution in [2.24, 2.45) is 0 Å². The molecule has 0 saturated heterocycles. The van der Waals surface area contributed by atoms with Gasteiger partial charge in [0, 0.05) is 0 Å². The van der Waals surface area contributed by atoms with E-state index in [2.05, 4.69) is 25.9 Å². The summed E-state index contributed by atoms with van der Waals surface area (Å²) in [7, 11) is 0. The molecule has 0 bridgehead atoms. The Bertz CT molecular complexity index is 298. The Balaban J connectivity index is 3.23. The summed E-state index contributed by atoms with van der Waals surface area (Å²) < 4.78 is 36.0. The zero-order valence-electron chi connectivity index (χ0n) is 5.56. The smallest absolute Gasteiger partial charge is 0.396 e. The number of alkyl halides is 3. The first-order valence-electron chi connectivity index (χ1n) is 2.76. The molecule has 1 aromatic rings. The van der Waals surface area contributed by atoms with Crippen molar-refractivity contribution in [1.82, 2.24) is 9.97 Å². The van der Waals surface area contributed by atoms with Crippen molar-refractivity contribution in [3.05, 3.63) is 16.6 Å². The topological polar surface area (TPSA) is 51.8 Å².